The standard InChI is InChI=1S/C34H42F3N8O4P/c1-6-44(7-2)16-17-45-20-24(18-39-45)26-14-15-29(30-27(26)21-43(5)32(30)46)41-31-28(34(35,36)37)19-38-33(42-31)40-25-12-10-23(11-13-25)22-50(47,48-8-3)49-9-4/h10-15,18-20H,6-9,16-17,21-22H2,1-5H3,(H2,38,40,41,42). The second-order valence-corrected chi connectivity index (χ2v) is 13.8. The van der Waals surface area contributed by atoms with E-state index in [9.17, 15) is 22.5 Å². The molecule has 1 aliphatic heterocycles. The van der Waals surface area contributed by atoms with Gasteiger partial charge in [-0.15, -0.1) is 0 Å². The molecule has 4 aromatic rings. The number of nitrogens with zero attached hydrogens (tertiary/aromatic N) is 6. The van der Waals surface area contributed by atoms with Crippen molar-refractivity contribution >= 4 is 36.6 Å². The van der Waals surface area contributed by atoms with Crippen LogP contribution < -0.4 is 10.6 Å². The minimum atomic E-state index is -4.78. The van der Waals surface area contributed by atoms with Gasteiger partial charge in [0.2, 0.25) is 5.95 Å². The molecule has 0 spiro atoms. The predicted octanol–water partition coefficient (Wildman–Crippen LogP) is 7.54. The van der Waals surface area contributed by atoms with Gasteiger partial charge >= 0.3 is 13.8 Å². The molecule has 268 valence electrons. The van der Waals surface area contributed by atoms with Crippen LogP contribution in [0.1, 0.15) is 54.7 Å². The summed E-state index contributed by atoms with van der Waals surface area (Å²) >= 11 is 0. The lowest BCUT2D eigenvalue weighted by molar-refractivity contribution is -0.137. The van der Waals surface area contributed by atoms with Crippen LogP contribution in [0.5, 0.6) is 0 Å². The molecule has 50 heavy (non-hydrogen) atoms. The van der Waals surface area contributed by atoms with E-state index in [4.69, 9.17) is 9.05 Å². The fraction of sp³-hybridized carbons (Fsp3) is 0.412. The molecule has 12 nitrogen and oxygen atoms in total. The first-order chi connectivity index (χ1) is 23.9. The Morgan fingerprint density at radius 1 is 0.980 bits per heavy atom. The first kappa shape index (κ1) is 37.0. The number of alkyl halides is 3. The van der Waals surface area contributed by atoms with E-state index in [0.29, 0.717) is 29.6 Å². The van der Waals surface area contributed by atoms with Crippen molar-refractivity contribution in [1.82, 2.24) is 29.5 Å². The van der Waals surface area contributed by atoms with Gasteiger partial charge in [-0.05, 0) is 61.8 Å². The SMILES string of the molecule is CCOP(=O)(Cc1ccc(Nc2ncc(C(F)(F)F)c(Nc3ccc(-c4cnn(CCN(CC)CC)c4)c4c3C(=O)N(C)C4)n2)cc1)OCC. The van der Waals surface area contributed by atoms with Crippen LogP contribution >= 0.6 is 7.60 Å². The van der Waals surface area contributed by atoms with Crippen molar-refractivity contribution in [2.75, 3.05) is 50.5 Å². The summed E-state index contributed by atoms with van der Waals surface area (Å²) < 4.78 is 68.1. The van der Waals surface area contributed by atoms with Crippen molar-refractivity contribution in [1.29, 1.82) is 0 Å². The van der Waals surface area contributed by atoms with Gasteiger partial charge in [0, 0.05) is 43.8 Å². The third kappa shape index (κ3) is 8.52. The quantitative estimate of drug-likeness (QED) is 0.112. The number of aromatic nitrogens is 4. The Morgan fingerprint density at radius 3 is 2.32 bits per heavy atom. The van der Waals surface area contributed by atoms with Crippen LogP contribution in [-0.2, 0) is 39.0 Å². The maximum atomic E-state index is 14.2. The van der Waals surface area contributed by atoms with Crippen molar-refractivity contribution in [3.8, 4) is 11.1 Å². The average molecular weight is 715 g/mol. The van der Waals surface area contributed by atoms with E-state index < -0.39 is 25.2 Å². The van der Waals surface area contributed by atoms with Crippen molar-refractivity contribution < 1.29 is 31.6 Å². The third-order valence-electron chi connectivity index (χ3n) is 8.34. The number of rotatable bonds is 16. The molecule has 0 saturated carbocycles. The number of hydrogen-bond acceptors (Lipinski definition) is 10. The van der Waals surface area contributed by atoms with Crippen LogP contribution in [0.2, 0.25) is 0 Å². The Balaban J connectivity index is 1.41. The highest BCUT2D eigenvalue weighted by molar-refractivity contribution is 7.53. The highest BCUT2D eigenvalue weighted by atomic mass is 31.2. The molecule has 1 aliphatic rings. The number of carbonyl (C=O) groups excluding carboxylic acids is 1. The highest BCUT2D eigenvalue weighted by Crippen LogP contribution is 2.51. The van der Waals surface area contributed by atoms with E-state index in [-0.39, 0.29) is 49.0 Å². The lowest BCUT2D eigenvalue weighted by Crippen LogP contribution is -2.27. The molecule has 0 saturated heterocycles. The number of amides is 1. The van der Waals surface area contributed by atoms with Gasteiger partial charge in [0.15, 0.2) is 0 Å². The van der Waals surface area contributed by atoms with E-state index in [1.165, 1.54) is 4.90 Å². The zero-order valence-electron chi connectivity index (χ0n) is 28.8. The summed E-state index contributed by atoms with van der Waals surface area (Å²) in [4.78, 5) is 25.3. The molecule has 16 heteroatoms. The zero-order valence-corrected chi connectivity index (χ0v) is 29.6. The number of anilines is 4. The molecule has 1 amide bonds. The van der Waals surface area contributed by atoms with Gasteiger partial charge in [-0.1, -0.05) is 32.0 Å². The molecule has 2 aromatic carbocycles. The van der Waals surface area contributed by atoms with Gasteiger partial charge < -0.3 is 29.5 Å². The molecule has 0 radical (unpaired) electrons. The van der Waals surface area contributed by atoms with Gasteiger partial charge in [-0.2, -0.15) is 23.3 Å². The minimum absolute atomic E-state index is 0.0653. The van der Waals surface area contributed by atoms with E-state index >= 15 is 0 Å². The van der Waals surface area contributed by atoms with Crippen molar-refractivity contribution in [3.63, 3.8) is 0 Å². The Bertz CT molecular complexity index is 1840. The summed E-state index contributed by atoms with van der Waals surface area (Å²) in [6.45, 7) is 11.8. The second kappa shape index (κ2) is 15.7. The molecule has 5 rings (SSSR count). The number of nitrogens with one attached hydrogen (secondary N) is 2. The summed E-state index contributed by atoms with van der Waals surface area (Å²) in [5.74, 6) is -0.934. The van der Waals surface area contributed by atoms with Crippen LogP contribution in [0.3, 0.4) is 0 Å². The van der Waals surface area contributed by atoms with Crippen molar-refractivity contribution in [3.05, 3.63) is 77.2 Å². The number of hydrogen-bond donors (Lipinski definition) is 2. The van der Waals surface area contributed by atoms with Gasteiger partial charge in [0.25, 0.3) is 5.91 Å². The van der Waals surface area contributed by atoms with Crippen molar-refractivity contribution in [2.45, 2.75) is 53.1 Å². The van der Waals surface area contributed by atoms with Crippen LogP contribution in [0.25, 0.3) is 11.1 Å². The minimum Gasteiger partial charge on any atom is -0.339 e. The van der Waals surface area contributed by atoms with Crippen molar-refractivity contribution in [2.24, 2.45) is 0 Å². The molecule has 0 bridgehead atoms. The van der Waals surface area contributed by atoms with Gasteiger partial charge in [0.05, 0.1) is 43.4 Å². The summed E-state index contributed by atoms with van der Waals surface area (Å²) in [5.41, 5.74) is 2.83. The molecule has 0 unspecified atom stereocenters. The highest BCUT2D eigenvalue weighted by Gasteiger charge is 2.37. The Hall–Kier alpha value is -4.30. The van der Waals surface area contributed by atoms with E-state index in [1.54, 1.807) is 63.5 Å². The average Bonchev–Trinajstić information content (AvgIpc) is 3.66. The fourth-order valence-corrected chi connectivity index (χ4v) is 7.48. The molecule has 0 aliphatic carbocycles. The summed E-state index contributed by atoms with van der Waals surface area (Å²) in [5, 5.41) is 10.2. The van der Waals surface area contributed by atoms with Gasteiger partial charge in [-0.3, -0.25) is 14.0 Å². The zero-order chi connectivity index (χ0) is 36.1. The number of fused-ring (bicyclic) bond motifs is 1. The van der Waals surface area contributed by atoms with E-state index in [1.807, 2.05) is 10.9 Å². The van der Waals surface area contributed by atoms with E-state index in [0.717, 1.165) is 30.8 Å². The summed E-state index contributed by atoms with van der Waals surface area (Å²) in [7, 11) is -1.67. The molecular weight excluding hydrogens is 672 g/mol. The van der Waals surface area contributed by atoms with Crippen LogP contribution in [0, 0.1) is 0 Å². The number of benzene rings is 2. The lowest BCUT2D eigenvalue weighted by Gasteiger charge is -2.18. The number of carbonyl (C=O) groups is 1. The number of likely N-dealkylation sites (N-methyl/N-ethyl adjacent to an activating group) is 1. The topological polar surface area (TPSA) is 127 Å². The number of halogens is 3. The Labute approximate surface area is 289 Å². The van der Waals surface area contributed by atoms with Gasteiger partial charge in [0.1, 0.15) is 11.4 Å². The van der Waals surface area contributed by atoms with E-state index in [2.05, 4.69) is 44.4 Å². The third-order valence-corrected chi connectivity index (χ3v) is 10.4. The van der Waals surface area contributed by atoms with Crippen LogP contribution in [0.15, 0.2) is 55.0 Å². The Morgan fingerprint density at radius 2 is 1.68 bits per heavy atom. The van der Waals surface area contributed by atoms with Crippen LogP contribution in [0.4, 0.5) is 36.3 Å². The largest absolute Gasteiger partial charge is 0.421 e. The maximum Gasteiger partial charge on any atom is 0.421 e. The first-order valence-electron chi connectivity index (χ1n) is 16.5. The monoisotopic (exact) mass is 714 g/mol. The van der Waals surface area contributed by atoms with Gasteiger partial charge in [-0.25, -0.2) is 4.98 Å². The smallest absolute Gasteiger partial charge is 0.339 e. The second-order valence-electron chi connectivity index (χ2n) is 11.7. The first-order valence-corrected chi connectivity index (χ1v) is 18.2. The normalized spacial score (nSPS) is 13.3. The fourth-order valence-electron chi connectivity index (χ4n) is 5.78. The predicted molar refractivity (Wildman–Crippen MR) is 186 cm³/mol. The summed E-state index contributed by atoms with van der Waals surface area (Å²) in [6.07, 6.45) is -0.359. The molecule has 2 N–H and O–H groups in total. The lowest BCUT2D eigenvalue weighted by atomic mass is 9.97. The van der Waals surface area contributed by atoms with Crippen LogP contribution in [-0.4, -0.2) is 75.4 Å². The molecule has 0 fully saturated rings. The molecule has 3 heterocycles. The molecular formula is C34H42F3N8O4P. The molecule has 2 aromatic heterocycles. The molecule has 0 atom stereocenters. The maximum absolute atomic E-state index is 14.2. The summed E-state index contributed by atoms with van der Waals surface area (Å²) in [6, 6.07) is 10.1. The Kier molecular flexibility index (Phi) is 11.6.